The van der Waals surface area contributed by atoms with E-state index in [4.69, 9.17) is 21.4 Å². The summed E-state index contributed by atoms with van der Waals surface area (Å²) in [5.41, 5.74) is 3.75. The Labute approximate surface area is 251 Å². The van der Waals surface area contributed by atoms with Crippen LogP contribution in [0.1, 0.15) is 52.7 Å². The molecule has 2 aliphatic heterocycles. The fraction of sp³-hybridized carbons (Fsp3) is 0.394. The van der Waals surface area contributed by atoms with Gasteiger partial charge in [0.25, 0.3) is 5.91 Å². The van der Waals surface area contributed by atoms with Gasteiger partial charge in [-0.25, -0.2) is 4.79 Å². The van der Waals surface area contributed by atoms with Gasteiger partial charge in [-0.05, 0) is 79.3 Å². The third kappa shape index (κ3) is 6.41. The average Bonchev–Trinajstić information content (AvgIpc) is 3.47. The van der Waals surface area contributed by atoms with Gasteiger partial charge in [0, 0.05) is 54.7 Å². The number of carbonyl (C=O) groups excluding carboxylic acids is 1. The second-order valence-corrected chi connectivity index (χ2v) is 11.6. The molecule has 2 atom stereocenters. The van der Waals surface area contributed by atoms with Crippen molar-refractivity contribution in [1.82, 2.24) is 15.5 Å². The van der Waals surface area contributed by atoms with E-state index >= 15 is 0 Å². The second-order valence-electron chi connectivity index (χ2n) is 11.2. The SMILES string of the molecule is CNCc1ccc(C(=O)N2CCC[C@@H](C(O)(CCCNC(=O)O)c3cccc(Cl)c3-c3ccc4c(c3)OCC4)C2)cc1. The molecule has 3 aromatic rings. The Bertz CT molecular complexity index is 1430. The third-order valence-corrected chi connectivity index (χ3v) is 8.76. The Morgan fingerprint density at radius 1 is 1.14 bits per heavy atom. The Balaban J connectivity index is 1.48. The molecular formula is C33H38ClN3O5. The maximum atomic E-state index is 13.6. The summed E-state index contributed by atoms with van der Waals surface area (Å²) in [5.74, 6) is 0.474. The van der Waals surface area contributed by atoms with Gasteiger partial charge in [-0.3, -0.25) is 4.79 Å². The highest BCUT2D eigenvalue weighted by molar-refractivity contribution is 6.33. The molecule has 0 bridgehead atoms. The minimum atomic E-state index is -1.37. The van der Waals surface area contributed by atoms with Gasteiger partial charge in [-0.1, -0.05) is 48.0 Å². The number of nitrogens with one attached hydrogen (secondary N) is 2. The summed E-state index contributed by atoms with van der Waals surface area (Å²) in [6.45, 7) is 2.55. The number of benzene rings is 3. The van der Waals surface area contributed by atoms with Crippen LogP contribution in [0.2, 0.25) is 5.02 Å². The number of amides is 2. The normalized spacial score (nSPS) is 17.7. The number of nitrogens with zero attached hydrogens (tertiary/aromatic N) is 1. The molecule has 0 radical (unpaired) electrons. The number of carbonyl (C=O) groups is 2. The number of piperidine rings is 1. The van der Waals surface area contributed by atoms with Crippen LogP contribution < -0.4 is 15.4 Å². The van der Waals surface area contributed by atoms with Crippen LogP contribution in [0.15, 0.2) is 60.7 Å². The molecule has 1 fully saturated rings. The van der Waals surface area contributed by atoms with Crippen molar-refractivity contribution in [2.45, 2.75) is 44.2 Å². The molecule has 222 valence electrons. The van der Waals surface area contributed by atoms with E-state index in [1.165, 1.54) is 0 Å². The quantitative estimate of drug-likeness (QED) is 0.233. The summed E-state index contributed by atoms with van der Waals surface area (Å²) in [6.07, 6.45) is 1.93. The highest BCUT2D eigenvalue weighted by Gasteiger charge is 2.43. The van der Waals surface area contributed by atoms with Gasteiger partial charge in [0.1, 0.15) is 5.75 Å². The lowest BCUT2D eigenvalue weighted by Crippen LogP contribution is -2.48. The molecule has 2 aliphatic rings. The van der Waals surface area contributed by atoms with Gasteiger partial charge in [-0.2, -0.15) is 0 Å². The van der Waals surface area contributed by atoms with Crippen molar-refractivity contribution in [2.24, 2.45) is 5.92 Å². The first-order valence-electron chi connectivity index (χ1n) is 14.6. The number of fused-ring (bicyclic) bond motifs is 1. The van der Waals surface area contributed by atoms with Gasteiger partial charge in [0.05, 0.1) is 12.2 Å². The number of hydrogen-bond acceptors (Lipinski definition) is 5. The lowest BCUT2D eigenvalue weighted by atomic mass is 9.72. The predicted octanol–water partition coefficient (Wildman–Crippen LogP) is 5.45. The van der Waals surface area contributed by atoms with Gasteiger partial charge < -0.3 is 30.5 Å². The molecule has 0 aromatic heterocycles. The van der Waals surface area contributed by atoms with E-state index in [1.54, 1.807) is 0 Å². The highest BCUT2D eigenvalue weighted by Crippen LogP contribution is 2.46. The summed E-state index contributed by atoms with van der Waals surface area (Å²) < 4.78 is 5.83. The Morgan fingerprint density at radius 2 is 1.95 bits per heavy atom. The van der Waals surface area contributed by atoms with E-state index in [0.29, 0.717) is 55.1 Å². The van der Waals surface area contributed by atoms with Crippen LogP contribution in [-0.2, 0) is 18.6 Å². The fourth-order valence-electron chi connectivity index (χ4n) is 6.32. The molecule has 1 unspecified atom stereocenters. The fourth-order valence-corrected chi connectivity index (χ4v) is 6.60. The molecule has 4 N–H and O–H groups in total. The molecule has 0 spiro atoms. The summed E-state index contributed by atoms with van der Waals surface area (Å²) >= 11 is 6.85. The summed E-state index contributed by atoms with van der Waals surface area (Å²) in [7, 11) is 1.88. The first-order valence-corrected chi connectivity index (χ1v) is 14.9. The van der Waals surface area contributed by atoms with Crippen LogP contribution in [-0.4, -0.2) is 60.4 Å². The zero-order chi connectivity index (χ0) is 29.7. The first kappa shape index (κ1) is 29.9. The van der Waals surface area contributed by atoms with Crippen LogP contribution >= 0.6 is 11.6 Å². The average molecular weight is 592 g/mol. The molecule has 2 heterocycles. The van der Waals surface area contributed by atoms with Crippen molar-refractivity contribution in [3.05, 3.63) is 87.9 Å². The standard InChI is InChI=1S/C33H38ClN3O5/c1-35-20-22-8-10-24(11-9-22)31(38)37-17-3-5-26(21-37)33(41,15-4-16-36-32(39)40)27-6-2-7-28(34)30(27)25-13-12-23-14-18-42-29(23)19-25/h2,6-13,19,26,35-36,41H,3-5,14-18,20-21H2,1H3,(H,39,40)/t26-,33?/m1/s1. The van der Waals surface area contributed by atoms with E-state index in [2.05, 4.69) is 10.6 Å². The van der Waals surface area contributed by atoms with E-state index in [-0.39, 0.29) is 18.4 Å². The van der Waals surface area contributed by atoms with Gasteiger partial charge in [0.2, 0.25) is 0 Å². The summed E-state index contributed by atoms with van der Waals surface area (Å²) in [5, 5.41) is 27.8. The molecule has 42 heavy (non-hydrogen) atoms. The Kier molecular flexibility index (Phi) is 9.36. The van der Waals surface area contributed by atoms with Gasteiger partial charge >= 0.3 is 6.09 Å². The van der Waals surface area contributed by atoms with Gasteiger partial charge in [-0.15, -0.1) is 0 Å². The maximum absolute atomic E-state index is 13.6. The minimum absolute atomic E-state index is 0.0623. The molecule has 2 amide bonds. The topological polar surface area (TPSA) is 111 Å². The van der Waals surface area contributed by atoms with Crippen molar-refractivity contribution in [3.63, 3.8) is 0 Å². The first-order chi connectivity index (χ1) is 20.3. The van der Waals surface area contributed by atoms with Gasteiger partial charge in [0.15, 0.2) is 0 Å². The number of halogens is 1. The van der Waals surface area contributed by atoms with E-state index in [0.717, 1.165) is 47.4 Å². The number of aliphatic hydroxyl groups is 1. The molecular weight excluding hydrogens is 554 g/mol. The van der Waals surface area contributed by atoms with Crippen LogP contribution in [0.25, 0.3) is 11.1 Å². The maximum Gasteiger partial charge on any atom is 0.404 e. The monoisotopic (exact) mass is 591 g/mol. The van der Waals surface area contributed by atoms with Crippen molar-refractivity contribution in [1.29, 1.82) is 0 Å². The lowest BCUT2D eigenvalue weighted by molar-refractivity contribution is -0.0563. The zero-order valence-electron chi connectivity index (χ0n) is 23.9. The highest BCUT2D eigenvalue weighted by atomic mass is 35.5. The molecule has 3 aromatic carbocycles. The van der Waals surface area contributed by atoms with Crippen LogP contribution in [0.3, 0.4) is 0 Å². The zero-order valence-corrected chi connectivity index (χ0v) is 24.6. The number of rotatable bonds is 10. The van der Waals surface area contributed by atoms with Crippen molar-refractivity contribution in [2.75, 3.05) is 33.3 Å². The number of carboxylic acid groups (broad SMARTS) is 1. The Morgan fingerprint density at radius 3 is 2.71 bits per heavy atom. The number of ether oxygens (including phenoxy) is 1. The van der Waals surface area contributed by atoms with Crippen molar-refractivity contribution < 1.29 is 24.5 Å². The largest absolute Gasteiger partial charge is 0.493 e. The van der Waals surface area contributed by atoms with Crippen molar-refractivity contribution in [3.8, 4) is 16.9 Å². The third-order valence-electron chi connectivity index (χ3n) is 8.44. The molecule has 1 saturated heterocycles. The smallest absolute Gasteiger partial charge is 0.404 e. The molecule has 5 rings (SSSR count). The number of hydrogen-bond donors (Lipinski definition) is 4. The van der Waals surface area contributed by atoms with Crippen LogP contribution in [0.4, 0.5) is 4.79 Å². The molecule has 0 aliphatic carbocycles. The molecule has 8 nitrogen and oxygen atoms in total. The second kappa shape index (κ2) is 13.2. The summed E-state index contributed by atoms with van der Waals surface area (Å²) in [6, 6.07) is 19.2. The van der Waals surface area contributed by atoms with Crippen LogP contribution in [0.5, 0.6) is 5.75 Å². The Hall–Kier alpha value is -3.59. The minimum Gasteiger partial charge on any atom is -0.493 e. The van der Waals surface area contributed by atoms with E-state index < -0.39 is 11.7 Å². The number of likely N-dealkylation sites (tertiary alicyclic amines) is 1. The van der Waals surface area contributed by atoms with Crippen LogP contribution in [0, 0.1) is 5.92 Å². The summed E-state index contributed by atoms with van der Waals surface area (Å²) in [4.78, 5) is 26.5. The lowest BCUT2D eigenvalue weighted by Gasteiger charge is -2.44. The van der Waals surface area contributed by atoms with E-state index in [9.17, 15) is 14.7 Å². The molecule has 0 saturated carbocycles. The molecule has 9 heteroatoms. The van der Waals surface area contributed by atoms with Crippen molar-refractivity contribution >= 4 is 23.6 Å². The van der Waals surface area contributed by atoms with E-state index in [1.807, 2.05) is 72.6 Å². The predicted molar refractivity (Wildman–Crippen MR) is 163 cm³/mol.